The van der Waals surface area contributed by atoms with Gasteiger partial charge in [0, 0.05) is 61.4 Å². The van der Waals surface area contributed by atoms with Crippen LogP contribution in [0.15, 0.2) is 0 Å². The van der Waals surface area contributed by atoms with E-state index in [1.165, 1.54) is 35.8 Å². The Kier molecular flexibility index (Phi) is 28.8. The molecule has 0 aromatic carbocycles. The molecular formula is C31H58N10O11. The van der Waals surface area contributed by atoms with E-state index in [1.54, 1.807) is 26.0 Å². The van der Waals surface area contributed by atoms with Gasteiger partial charge in [-0.1, -0.05) is 13.8 Å². The van der Waals surface area contributed by atoms with Crippen molar-refractivity contribution in [2.45, 2.75) is 33.7 Å². The number of carbonyl (C=O) groups excluding carboxylic acids is 9. The lowest BCUT2D eigenvalue weighted by molar-refractivity contribution is -0.140. The van der Waals surface area contributed by atoms with E-state index in [0.717, 1.165) is 9.80 Å². The molecule has 21 nitrogen and oxygen atoms in total. The van der Waals surface area contributed by atoms with Crippen LogP contribution in [0.1, 0.15) is 27.7 Å². The van der Waals surface area contributed by atoms with Gasteiger partial charge in [-0.3, -0.25) is 47.9 Å². The van der Waals surface area contributed by atoms with Gasteiger partial charge in [0.05, 0.1) is 45.8 Å². The van der Waals surface area contributed by atoms with Crippen molar-refractivity contribution in [2.24, 2.45) is 0 Å². The molecule has 0 bridgehead atoms. The van der Waals surface area contributed by atoms with Gasteiger partial charge in [-0.2, -0.15) is 0 Å². The van der Waals surface area contributed by atoms with E-state index < -0.39 is 29.6 Å². The molecule has 0 heterocycles. The van der Waals surface area contributed by atoms with Crippen LogP contribution < -0.4 is 21.3 Å². The zero-order valence-electron chi connectivity index (χ0n) is 32.0. The summed E-state index contributed by atoms with van der Waals surface area (Å²) in [5.74, 6) is -3.31. The van der Waals surface area contributed by atoms with Crippen LogP contribution >= 0.6 is 0 Å². The Balaban J connectivity index is -0.000000866. The number of nitrogens with zero attached hydrogens (tertiary/aromatic N) is 6. The first-order valence-electron chi connectivity index (χ1n) is 16.2. The Hall–Kier alpha value is -5.34. The predicted molar refractivity (Wildman–Crippen MR) is 189 cm³/mol. The second-order valence-electron chi connectivity index (χ2n) is 11.5. The molecule has 0 saturated heterocycles. The lowest BCUT2D eigenvalue weighted by atomic mass is 10.3. The molecule has 0 fully saturated rings. The third-order valence-corrected chi connectivity index (χ3v) is 6.77. The lowest BCUT2D eigenvalue weighted by Crippen LogP contribution is -2.47. The average molecular weight is 747 g/mol. The van der Waals surface area contributed by atoms with E-state index in [1.807, 2.05) is 33.0 Å². The van der Waals surface area contributed by atoms with Gasteiger partial charge in [-0.05, 0) is 13.8 Å². The molecule has 0 spiro atoms. The number of carboxylic acid groups (broad SMARTS) is 1. The van der Waals surface area contributed by atoms with Crippen LogP contribution in [-0.2, 0) is 47.9 Å². The maximum absolute atomic E-state index is 12.1. The van der Waals surface area contributed by atoms with Crippen LogP contribution in [0.5, 0.6) is 0 Å². The van der Waals surface area contributed by atoms with E-state index in [-0.39, 0.29) is 76.1 Å². The minimum absolute atomic E-state index is 0.0390. The standard InChI is InChI=1S/C17H30N6O6.C11H23N3O2.C3H5NO3/c1-6-20(2)16(28)10-23(5)15(27)8-19-13(25)9-21(3)17(29)11-22(4)14(26)7-18-12-24;1-6-13(4)11(16)8-14(5)10(15)7-12-9(2)3;5-2-4-1-3(6)7/h12H,6-11H2,1-5H3,(H,18,24)(H,19,25);9,12H,6-8H2,1-5H3;2H,1H2,(H,4,5)(H,6,7). The first-order chi connectivity index (χ1) is 24.2. The SMILES string of the molecule is CCN(C)C(=O)CN(C)C(=O)CNC(=O)CN(C)C(=O)CN(C)C(=O)CNC=O.CCN(C)C(=O)CN(C)C(=O)CNC(C)C.O=CNCC(=O)O. The van der Waals surface area contributed by atoms with E-state index in [9.17, 15) is 47.9 Å². The van der Waals surface area contributed by atoms with Gasteiger partial charge < -0.3 is 55.8 Å². The fraction of sp³-hybridized carbons (Fsp3) is 0.677. The third-order valence-electron chi connectivity index (χ3n) is 6.77. The zero-order chi connectivity index (χ0) is 41.0. The van der Waals surface area contributed by atoms with Crippen molar-refractivity contribution in [3.63, 3.8) is 0 Å². The smallest absolute Gasteiger partial charge is 0.322 e. The molecule has 0 aliphatic carbocycles. The van der Waals surface area contributed by atoms with Crippen molar-refractivity contribution >= 4 is 60.1 Å². The minimum Gasteiger partial charge on any atom is -0.480 e. The molecule has 0 radical (unpaired) electrons. The number of nitrogens with one attached hydrogen (secondary N) is 4. The molecular weight excluding hydrogens is 688 g/mol. The predicted octanol–water partition coefficient (Wildman–Crippen LogP) is -4.56. The van der Waals surface area contributed by atoms with Gasteiger partial charge >= 0.3 is 5.97 Å². The monoisotopic (exact) mass is 746 g/mol. The van der Waals surface area contributed by atoms with Gasteiger partial charge in [0.25, 0.3) is 0 Å². The van der Waals surface area contributed by atoms with E-state index in [2.05, 4.69) is 16.0 Å². The van der Waals surface area contributed by atoms with Gasteiger partial charge in [-0.15, -0.1) is 0 Å². The van der Waals surface area contributed by atoms with Crippen LogP contribution in [-0.4, -0.2) is 208 Å². The number of carboxylic acids is 1. The molecule has 0 saturated carbocycles. The zero-order valence-corrected chi connectivity index (χ0v) is 32.0. The highest BCUT2D eigenvalue weighted by Gasteiger charge is 2.20. The van der Waals surface area contributed by atoms with Crippen molar-refractivity contribution < 1.29 is 53.1 Å². The quantitative estimate of drug-likeness (QED) is 0.0696. The molecule has 0 rings (SSSR count). The molecule has 21 heteroatoms. The molecule has 0 aliphatic heterocycles. The lowest BCUT2D eigenvalue weighted by Gasteiger charge is -2.22. The molecule has 298 valence electrons. The highest BCUT2D eigenvalue weighted by atomic mass is 16.4. The van der Waals surface area contributed by atoms with Crippen LogP contribution in [0.25, 0.3) is 0 Å². The maximum Gasteiger partial charge on any atom is 0.322 e. The van der Waals surface area contributed by atoms with Crippen LogP contribution in [0.2, 0.25) is 0 Å². The summed E-state index contributed by atoms with van der Waals surface area (Å²) in [5.41, 5.74) is 0. The second kappa shape index (κ2) is 29.4. The summed E-state index contributed by atoms with van der Waals surface area (Å²) in [6.45, 7) is 7.75. The summed E-state index contributed by atoms with van der Waals surface area (Å²) < 4.78 is 0. The maximum atomic E-state index is 12.1. The molecule has 0 atom stereocenters. The van der Waals surface area contributed by atoms with Crippen molar-refractivity contribution in [3.8, 4) is 0 Å². The highest BCUT2D eigenvalue weighted by molar-refractivity contribution is 5.91. The second-order valence-corrected chi connectivity index (χ2v) is 11.5. The van der Waals surface area contributed by atoms with Crippen LogP contribution in [0.4, 0.5) is 0 Å². The number of hydrogen-bond donors (Lipinski definition) is 5. The largest absolute Gasteiger partial charge is 0.480 e. The Morgan fingerprint density at radius 1 is 0.519 bits per heavy atom. The van der Waals surface area contributed by atoms with Crippen LogP contribution in [0.3, 0.4) is 0 Å². The van der Waals surface area contributed by atoms with Crippen LogP contribution in [0, 0.1) is 0 Å². The average Bonchev–Trinajstić information content (AvgIpc) is 3.09. The molecule has 0 unspecified atom stereocenters. The third kappa shape index (κ3) is 26.5. The van der Waals surface area contributed by atoms with E-state index in [0.29, 0.717) is 25.9 Å². The Morgan fingerprint density at radius 3 is 1.21 bits per heavy atom. The van der Waals surface area contributed by atoms with E-state index in [4.69, 9.17) is 5.11 Å². The number of aliphatic carboxylic acids is 1. The summed E-state index contributed by atoms with van der Waals surface area (Å²) in [6, 6.07) is 0.270. The van der Waals surface area contributed by atoms with Gasteiger partial charge in [0.15, 0.2) is 0 Å². The normalized spacial score (nSPS) is 9.67. The van der Waals surface area contributed by atoms with E-state index >= 15 is 0 Å². The molecule has 52 heavy (non-hydrogen) atoms. The number of rotatable bonds is 21. The van der Waals surface area contributed by atoms with Crippen molar-refractivity contribution in [1.29, 1.82) is 0 Å². The summed E-state index contributed by atoms with van der Waals surface area (Å²) in [4.78, 5) is 120. The molecule has 0 aromatic heterocycles. The number of amides is 9. The van der Waals surface area contributed by atoms with Crippen molar-refractivity contribution in [3.05, 3.63) is 0 Å². The topological polar surface area (TPSA) is 258 Å². The summed E-state index contributed by atoms with van der Waals surface area (Å²) in [5, 5.41) is 17.4. The fourth-order valence-corrected chi connectivity index (χ4v) is 3.08. The summed E-state index contributed by atoms with van der Waals surface area (Å²) in [7, 11) is 9.24. The first-order valence-corrected chi connectivity index (χ1v) is 16.2. The molecule has 0 aromatic rings. The summed E-state index contributed by atoms with van der Waals surface area (Å²) >= 11 is 0. The van der Waals surface area contributed by atoms with Gasteiger partial charge in [0.2, 0.25) is 54.2 Å². The fourth-order valence-electron chi connectivity index (χ4n) is 3.08. The summed E-state index contributed by atoms with van der Waals surface area (Å²) in [6.07, 6.45) is 0.717. The van der Waals surface area contributed by atoms with Gasteiger partial charge in [0.1, 0.15) is 6.54 Å². The van der Waals surface area contributed by atoms with Crippen molar-refractivity contribution in [2.75, 3.05) is 108 Å². The molecule has 5 N–H and O–H groups in total. The minimum atomic E-state index is -1.04. The molecule has 0 aliphatic rings. The van der Waals surface area contributed by atoms with Crippen molar-refractivity contribution in [1.82, 2.24) is 50.7 Å². The number of likely N-dealkylation sites (N-methyl/N-ethyl adjacent to an activating group) is 6. The molecule has 9 amide bonds. The first kappa shape index (κ1) is 51.0. The Labute approximate surface area is 305 Å². The number of hydrogen-bond acceptors (Lipinski definition) is 11. The number of carbonyl (C=O) groups is 10. The Morgan fingerprint density at radius 2 is 0.865 bits per heavy atom. The Bertz CT molecular complexity index is 1190. The van der Waals surface area contributed by atoms with Gasteiger partial charge in [-0.25, -0.2) is 0 Å². The highest BCUT2D eigenvalue weighted by Crippen LogP contribution is 1.93.